The summed E-state index contributed by atoms with van der Waals surface area (Å²) in [6.45, 7) is 7.47. The summed E-state index contributed by atoms with van der Waals surface area (Å²) in [5.41, 5.74) is 7.01. The first-order valence-electron chi connectivity index (χ1n) is 6.54. The molecule has 1 saturated heterocycles. The normalized spacial score (nSPS) is 19.1. The lowest BCUT2D eigenvalue weighted by molar-refractivity contribution is 0.202. The van der Waals surface area contributed by atoms with Gasteiger partial charge in [0, 0.05) is 32.1 Å². The third-order valence-electron chi connectivity index (χ3n) is 3.32. The van der Waals surface area contributed by atoms with E-state index in [1.165, 1.54) is 0 Å². The largest absolute Gasteiger partial charge is 0.448 e. The van der Waals surface area contributed by atoms with Crippen molar-refractivity contribution in [3.63, 3.8) is 0 Å². The van der Waals surface area contributed by atoms with Crippen LogP contribution in [0, 0.1) is 5.92 Å². The topological polar surface area (TPSA) is 55.3 Å². The van der Waals surface area contributed by atoms with Gasteiger partial charge in [-0.25, -0.2) is 4.98 Å². The number of piperidine rings is 1. The van der Waals surface area contributed by atoms with Gasteiger partial charge in [0.15, 0.2) is 6.39 Å². The molecule has 0 saturated carbocycles. The van der Waals surface area contributed by atoms with Crippen molar-refractivity contribution in [3.05, 3.63) is 17.8 Å². The Morgan fingerprint density at radius 3 is 2.82 bits per heavy atom. The predicted molar refractivity (Wildman–Crippen MR) is 67.5 cm³/mol. The van der Waals surface area contributed by atoms with Crippen LogP contribution in [0.1, 0.15) is 38.1 Å². The van der Waals surface area contributed by atoms with E-state index >= 15 is 0 Å². The average molecular weight is 237 g/mol. The van der Waals surface area contributed by atoms with Crippen LogP contribution in [-0.4, -0.2) is 29.0 Å². The summed E-state index contributed by atoms with van der Waals surface area (Å²) in [6, 6.07) is 0.388. The number of nitrogens with zero attached hydrogens (tertiary/aromatic N) is 2. The minimum absolute atomic E-state index is 0.388. The first kappa shape index (κ1) is 12.6. The molecule has 0 aliphatic carbocycles. The van der Waals surface area contributed by atoms with Gasteiger partial charge in [-0.3, -0.25) is 4.90 Å². The summed E-state index contributed by atoms with van der Waals surface area (Å²) in [5.74, 6) is 1.66. The third kappa shape index (κ3) is 3.54. The summed E-state index contributed by atoms with van der Waals surface area (Å²) in [5, 5.41) is 0. The fraction of sp³-hybridized carbons (Fsp3) is 0.769. The van der Waals surface area contributed by atoms with Gasteiger partial charge in [0.2, 0.25) is 0 Å². The van der Waals surface area contributed by atoms with Crippen LogP contribution < -0.4 is 5.73 Å². The van der Waals surface area contributed by atoms with Crippen LogP contribution in [-0.2, 0) is 13.0 Å². The van der Waals surface area contributed by atoms with Crippen LogP contribution in [0.3, 0.4) is 0 Å². The maximum absolute atomic E-state index is 5.91. The summed E-state index contributed by atoms with van der Waals surface area (Å²) in [4.78, 5) is 6.76. The van der Waals surface area contributed by atoms with Crippen molar-refractivity contribution in [1.82, 2.24) is 9.88 Å². The van der Waals surface area contributed by atoms with Gasteiger partial charge in [0.05, 0.1) is 5.69 Å². The molecule has 0 amide bonds. The Morgan fingerprint density at radius 2 is 2.18 bits per heavy atom. The van der Waals surface area contributed by atoms with Crippen LogP contribution in [0.25, 0.3) is 0 Å². The Hall–Kier alpha value is -0.870. The number of likely N-dealkylation sites (tertiary alicyclic amines) is 1. The zero-order valence-electron chi connectivity index (χ0n) is 10.9. The molecule has 1 aliphatic rings. The fourth-order valence-corrected chi connectivity index (χ4v) is 2.28. The highest BCUT2D eigenvalue weighted by atomic mass is 16.3. The van der Waals surface area contributed by atoms with Crippen LogP contribution in [0.5, 0.6) is 0 Å². The molecule has 96 valence electrons. The third-order valence-corrected chi connectivity index (χ3v) is 3.32. The number of hydrogen-bond acceptors (Lipinski definition) is 4. The molecule has 2 rings (SSSR count). The Morgan fingerprint density at radius 1 is 1.47 bits per heavy atom. The number of aromatic nitrogens is 1. The fourth-order valence-electron chi connectivity index (χ4n) is 2.28. The minimum Gasteiger partial charge on any atom is -0.448 e. The van der Waals surface area contributed by atoms with Crippen molar-refractivity contribution in [3.8, 4) is 0 Å². The number of nitrogens with two attached hydrogens (primary N) is 1. The van der Waals surface area contributed by atoms with E-state index in [2.05, 4.69) is 23.7 Å². The van der Waals surface area contributed by atoms with Crippen molar-refractivity contribution < 1.29 is 4.42 Å². The zero-order valence-corrected chi connectivity index (χ0v) is 10.9. The molecule has 4 heteroatoms. The van der Waals surface area contributed by atoms with E-state index in [-0.39, 0.29) is 0 Å². The zero-order chi connectivity index (χ0) is 12.3. The molecule has 2 N–H and O–H groups in total. The van der Waals surface area contributed by atoms with Crippen LogP contribution in [0.15, 0.2) is 10.8 Å². The van der Waals surface area contributed by atoms with Gasteiger partial charge in [-0.2, -0.15) is 0 Å². The molecule has 17 heavy (non-hydrogen) atoms. The summed E-state index contributed by atoms with van der Waals surface area (Å²) < 4.78 is 5.48. The Labute approximate surface area is 103 Å². The standard InChI is InChI=1S/C13H23N3O/c1-10(2)7-13-12(15-9-17-13)8-16-5-3-11(14)4-6-16/h9-11H,3-8,14H2,1-2H3. The maximum Gasteiger partial charge on any atom is 0.181 e. The second kappa shape index (κ2) is 5.65. The average Bonchev–Trinajstić information content (AvgIpc) is 2.68. The van der Waals surface area contributed by atoms with Gasteiger partial charge >= 0.3 is 0 Å². The van der Waals surface area contributed by atoms with Gasteiger partial charge in [-0.05, 0) is 18.8 Å². The lowest BCUT2D eigenvalue weighted by atomic mass is 10.0. The maximum atomic E-state index is 5.91. The molecule has 0 aromatic carbocycles. The molecule has 1 aliphatic heterocycles. The van der Waals surface area contributed by atoms with E-state index in [1.54, 1.807) is 6.39 Å². The highest BCUT2D eigenvalue weighted by Gasteiger charge is 2.19. The number of oxazole rings is 1. The number of hydrogen-bond donors (Lipinski definition) is 1. The molecule has 0 unspecified atom stereocenters. The van der Waals surface area contributed by atoms with Gasteiger partial charge < -0.3 is 10.2 Å². The molecule has 1 fully saturated rings. The number of rotatable bonds is 4. The van der Waals surface area contributed by atoms with Gasteiger partial charge in [-0.15, -0.1) is 0 Å². The van der Waals surface area contributed by atoms with Crippen molar-refractivity contribution in [1.29, 1.82) is 0 Å². The van der Waals surface area contributed by atoms with Crippen LogP contribution >= 0.6 is 0 Å². The highest BCUT2D eigenvalue weighted by molar-refractivity contribution is 5.08. The molecule has 1 aromatic rings. The molecule has 0 bridgehead atoms. The molecule has 2 heterocycles. The first-order valence-corrected chi connectivity index (χ1v) is 6.54. The van der Waals surface area contributed by atoms with Crippen molar-refractivity contribution in [2.75, 3.05) is 13.1 Å². The van der Waals surface area contributed by atoms with Gasteiger partial charge in [0.25, 0.3) is 0 Å². The van der Waals surface area contributed by atoms with Crippen LogP contribution in [0.4, 0.5) is 0 Å². The van der Waals surface area contributed by atoms with E-state index in [0.717, 1.165) is 50.4 Å². The molecule has 4 nitrogen and oxygen atoms in total. The Balaban J connectivity index is 1.92. The Kier molecular flexibility index (Phi) is 4.18. The van der Waals surface area contributed by atoms with Gasteiger partial charge in [0.1, 0.15) is 5.76 Å². The van der Waals surface area contributed by atoms with E-state index in [4.69, 9.17) is 10.2 Å². The summed E-state index contributed by atoms with van der Waals surface area (Å²) in [6.07, 6.45) is 4.74. The molecule has 0 radical (unpaired) electrons. The van der Waals surface area contributed by atoms with Crippen molar-refractivity contribution in [2.24, 2.45) is 11.7 Å². The molecule has 0 spiro atoms. The monoisotopic (exact) mass is 237 g/mol. The summed E-state index contributed by atoms with van der Waals surface area (Å²) >= 11 is 0. The van der Waals surface area contributed by atoms with E-state index in [0.29, 0.717) is 12.0 Å². The Bertz CT molecular complexity index is 340. The van der Waals surface area contributed by atoms with E-state index in [9.17, 15) is 0 Å². The van der Waals surface area contributed by atoms with E-state index < -0.39 is 0 Å². The van der Waals surface area contributed by atoms with Gasteiger partial charge in [-0.1, -0.05) is 13.8 Å². The summed E-state index contributed by atoms with van der Waals surface area (Å²) in [7, 11) is 0. The SMILES string of the molecule is CC(C)Cc1ocnc1CN1CCC(N)CC1. The van der Waals surface area contributed by atoms with Crippen LogP contribution in [0.2, 0.25) is 0 Å². The second-order valence-corrected chi connectivity index (χ2v) is 5.43. The molecular formula is C13H23N3O. The van der Waals surface area contributed by atoms with Crippen molar-refractivity contribution in [2.45, 2.75) is 45.7 Å². The second-order valence-electron chi connectivity index (χ2n) is 5.43. The highest BCUT2D eigenvalue weighted by Crippen LogP contribution is 2.17. The van der Waals surface area contributed by atoms with E-state index in [1.807, 2.05) is 0 Å². The minimum atomic E-state index is 0.388. The molecule has 0 atom stereocenters. The molecule has 1 aromatic heterocycles. The smallest absolute Gasteiger partial charge is 0.181 e. The lowest BCUT2D eigenvalue weighted by Gasteiger charge is -2.29. The predicted octanol–water partition coefficient (Wildman–Crippen LogP) is 1.80. The lowest BCUT2D eigenvalue weighted by Crippen LogP contribution is -2.39. The first-order chi connectivity index (χ1) is 8.15. The molecular weight excluding hydrogens is 214 g/mol. The van der Waals surface area contributed by atoms with Crippen molar-refractivity contribution >= 4 is 0 Å². The quantitative estimate of drug-likeness (QED) is 0.867.